The van der Waals surface area contributed by atoms with Gasteiger partial charge in [0.1, 0.15) is 6.33 Å². The van der Waals surface area contributed by atoms with Gasteiger partial charge in [0.25, 0.3) is 5.56 Å². The predicted molar refractivity (Wildman–Crippen MR) is 123 cm³/mol. The summed E-state index contributed by atoms with van der Waals surface area (Å²) in [6.45, 7) is 0. The number of imidazole rings is 1. The maximum absolute atomic E-state index is 13.9. The summed E-state index contributed by atoms with van der Waals surface area (Å²) in [5.74, 6) is -0.125. The molecule has 2 heterocycles. The standard InChI is InChI=1S/C24H14BrF3N4O/c25-15-10-12-17(13-11-15)32-21(18-8-4-5-9-19(18)24(26,27)28)30-22-20(23(32)33)29-14-31(22)16-6-2-1-3-7-16/h1-14H. The first-order valence-electron chi connectivity index (χ1n) is 9.82. The summed E-state index contributed by atoms with van der Waals surface area (Å²) in [6.07, 6.45) is -3.19. The van der Waals surface area contributed by atoms with E-state index in [2.05, 4.69) is 25.9 Å². The number of aromatic nitrogens is 4. The highest BCUT2D eigenvalue weighted by atomic mass is 79.9. The van der Waals surface area contributed by atoms with Gasteiger partial charge in [-0.15, -0.1) is 0 Å². The molecule has 0 aliphatic heterocycles. The molecule has 0 amide bonds. The lowest BCUT2D eigenvalue weighted by atomic mass is 10.1. The van der Waals surface area contributed by atoms with Crippen LogP contribution in [-0.4, -0.2) is 19.1 Å². The molecular formula is C24H14BrF3N4O. The Morgan fingerprint density at radius 1 is 0.818 bits per heavy atom. The van der Waals surface area contributed by atoms with Crippen molar-refractivity contribution in [1.82, 2.24) is 19.1 Å². The van der Waals surface area contributed by atoms with Crippen LogP contribution in [0, 0.1) is 0 Å². The van der Waals surface area contributed by atoms with Gasteiger partial charge < -0.3 is 0 Å². The van der Waals surface area contributed by atoms with Crippen molar-refractivity contribution in [3.8, 4) is 22.8 Å². The van der Waals surface area contributed by atoms with Crippen molar-refractivity contribution in [3.63, 3.8) is 0 Å². The lowest BCUT2D eigenvalue weighted by Crippen LogP contribution is -2.23. The molecule has 0 fully saturated rings. The van der Waals surface area contributed by atoms with Gasteiger partial charge in [-0.2, -0.15) is 13.2 Å². The fraction of sp³-hybridized carbons (Fsp3) is 0.0417. The number of hydrogen-bond donors (Lipinski definition) is 0. The van der Waals surface area contributed by atoms with Crippen LogP contribution in [0.15, 0.2) is 94.5 Å². The highest BCUT2D eigenvalue weighted by Crippen LogP contribution is 2.37. The van der Waals surface area contributed by atoms with E-state index in [-0.39, 0.29) is 22.6 Å². The van der Waals surface area contributed by atoms with Crippen LogP contribution < -0.4 is 5.56 Å². The second-order valence-electron chi connectivity index (χ2n) is 7.22. The van der Waals surface area contributed by atoms with Gasteiger partial charge in [-0.25, -0.2) is 9.97 Å². The van der Waals surface area contributed by atoms with Crippen molar-refractivity contribution in [2.45, 2.75) is 6.18 Å². The monoisotopic (exact) mass is 510 g/mol. The summed E-state index contributed by atoms with van der Waals surface area (Å²) in [7, 11) is 0. The van der Waals surface area contributed by atoms with Crippen LogP contribution in [0.25, 0.3) is 33.9 Å². The molecule has 0 radical (unpaired) electrons. The van der Waals surface area contributed by atoms with Gasteiger partial charge >= 0.3 is 6.18 Å². The van der Waals surface area contributed by atoms with Crippen LogP contribution in [0.1, 0.15) is 5.56 Å². The topological polar surface area (TPSA) is 52.7 Å². The summed E-state index contributed by atoms with van der Waals surface area (Å²) >= 11 is 3.34. The Morgan fingerprint density at radius 3 is 2.18 bits per heavy atom. The maximum atomic E-state index is 13.9. The zero-order valence-electron chi connectivity index (χ0n) is 16.8. The lowest BCUT2D eigenvalue weighted by molar-refractivity contribution is -0.137. The largest absolute Gasteiger partial charge is 0.417 e. The highest BCUT2D eigenvalue weighted by molar-refractivity contribution is 9.10. The minimum Gasteiger partial charge on any atom is -0.283 e. The molecule has 164 valence electrons. The van der Waals surface area contributed by atoms with Crippen LogP contribution in [0.2, 0.25) is 0 Å². The second-order valence-corrected chi connectivity index (χ2v) is 8.13. The fourth-order valence-corrected chi connectivity index (χ4v) is 3.93. The third-order valence-electron chi connectivity index (χ3n) is 5.16. The average Bonchev–Trinajstić information content (AvgIpc) is 3.24. The molecule has 0 saturated carbocycles. The van der Waals surface area contributed by atoms with Crippen LogP contribution in [0.5, 0.6) is 0 Å². The van der Waals surface area contributed by atoms with E-state index in [1.165, 1.54) is 29.1 Å². The first-order valence-corrected chi connectivity index (χ1v) is 10.6. The van der Waals surface area contributed by atoms with Crippen molar-refractivity contribution < 1.29 is 13.2 Å². The quantitative estimate of drug-likeness (QED) is 0.298. The molecule has 3 aromatic carbocycles. The summed E-state index contributed by atoms with van der Waals surface area (Å²) in [4.78, 5) is 22.4. The second kappa shape index (κ2) is 8.00. The molecule has 0 atom stereocenters. The molecule has 5 rings (SSSR count). The van der Waals surface area contributed by atoms with Crippen molar-refractivity contribution in [2.75, 3.05) is 0 Å². The first-order chi connectivity index (χ1) is 15.8. The number of rotatable bonds is 3. The molecule has 0 aliphatic carbocycles. The zero-order chi connectivity index (χ0) is 23.2. The molecular weight excluding hydrogens is 497 g/mol. The van der Waals surface area contributed by atoms with Crippen molar-refractivity contribution in [3.05, 3.63) is 106 Å². The Hall–Kier alpha value is -3.72. The van der Waals surface area contributed by atoms with Crippen LogP contribution in [0.4, 0.5) is 13.2 Å². The third-order valence-corrected chi connectivity index (χ3v) is 5.69. The van der Waals surface area contributed by atoms with Crippen molar-refractivity contribution in [1.29, 1.82) is 0 Å². The number of fused-ring (bicyclic) bond motifs is 1. The molecule has 0 N–H and O–H groups in total. The van der Waals surface area contributed by atoms with Gasteiger partial charge in [-0.3, -0.25) is 13.9 Å². The molecule has 0 spiro atoms. The Kier molecular flexibility index (Phi) is 5.13. The SMILES string of the molecule is O=c1c2ncn(-c3ccccc3)c2nc(-c2ccccc2C(F)(F)F)n1-c1ccc(Br)cc1. The number of hydrogen-bond acceptors (Lipinski definition) is 3. The molecule has 0 unspecified atom stereocenters. The molecule has 33 heavy (non-hydrogen) atoms. The average molecular weight is 511 g/mol. The normalized spacial score (nSPS) is 11.8. The van der Waals surface area contributed by atoms with Crippen LogP contribution in [0.3, 0.4) is 0 Å². The lowest BCUT2D eigenvalue weighted by Gasteiger charge is -2.17. The molecule has 5 aromatic rings. The van der Waals surface area contributed by atoms with Crippen LogP contribution in [-0.2, 0) is 6.18 Å². The van der Waals surface area contributed by atoms with E-state index in [9.17, 15) is 18.0 Å². The van der Waals surface area contributed by atoms with E-state index in [1.807, 2.05) is 18.2 Å². The van der Waals surface area contributed by atoms with Gasteiger partial charge in [0.2, 0.25) is 0 Å². The maximum Gasteiger partial charge on any atom is 0.417 e. The van der Waals surface area contributed by atoms with Crippen molar-refractivity contribution >= 4 is 27.1 Å². The molecule has 2 aromatic heterocycles. The number of benzene rings is 3. The van der Waals surface area contributed by atoms with E-state index in [1.54, 1.807) is 41.0 Å². The minimum atomic E-state index is -4.63. The molecule has 9 heteroatoms. The molecule has 0 saturated heterocycles. The third kappa shape index (κ3) is 3.74. The molecule has 5 nitrogen and oxygen atoms in total. The van der Waals surface area contributed by atoms with E-state index in [0.717, 1.165) is 10.5 Å². The number of nitrogens with zero attached hydrogens (tertiary/aromatic N) is 4. The highest BCUT2D eigenvalue weighted by Gasteiger charge is 2.35. The Balaban J connectivity index is 1.90. The zero-order valence-corrected chi connectivity index (χ0v) is 18.4. The van der Waals surface area contributed by atoms with Gasteiger partial charge in [-0.1, -0.05) is 52.3 Å². The van der Waals surface area contributed by atoms with Gasteiger partial charge in [-0.05, 0) is 42.5 Å². The smallest absolute Gasteiger partial charge is 0.283 e. The minimum absolute atomic E-state index is 0.0509. The summed E-state index contributed by atoms with van der Waals surface area (Å²) in [6, 6.07) is 20.8. The van der Waals surface area contributed by atoms with E-state index in [4.69, 9.17) is 0 Å². The molecule has 0 aliphatic rings. The number of halogens is 4. The van der Waals surface area contributed by atoms with Gasteiger partial charge in [0.15, 0.2) is 17.0 Å². The molecule has 0 bridgehead atoms. The Bertz CT molecular complexity index is 1520. The van der Waals surface area contributed by atoms with Crippen molar-refractivity contribution in [2.24, 2.45) is 0 Å². The number of para-hydroxylation sites is 1. The summed E-state index contributed by atoms with van der Waals surface area (Å²) in [5, 5.41) is 0. The Morgan fingerprint density at radius 2 is 1.48 bits per heavy atom. The van der Waals surface area contributed by atoms with E-state index in [0.29, 0.717) is 11.4 Å². The van der Waals surface area contributed by atoms with Gasteiger partial charge in [0.05, 0.1) is 11.3 Å². The predicted octanol–water partition coefficient (Wildman–Crippen LogP) is 6.02. The van der Waals surface area contributed by atoms with E-state index >= 15 is 0 Å². The fourth-order valence-electron chi connectivity index (χ4n) is 3.67. The van der Waals surface area contributed by atoms with E-state index < -0.39 is 17.3 Å². The van der Waals surface area contributed by atoms with Crippen LogP contribution >= 0.6 is 15.9 Å². The number of alkyl halides is 3. The summed E-state index contributed by atoms with van der Waals surface area (Å²) in [5.41, 5.74) is -0.367. The van der Waals surface area contributed by atoms with Gasteiger partial charge in [0, 0.05) is 15.7 Å². The first kappa shape index (κ1) is 21.1. The summed E-state index contributed by atoms with van der Waals surface area (Å²) < 4.78 is 45.2. The Labute approximate surface area is 193 Å².